The minimum Gasteiger partial charge on any atom is -0.388 e. The number of benzene rings is 1. The van der Waals surface area contributed by atoms with Crippen LogP contribution in [-0.2, 0) is 0 Å². The highest BCUT2D eigenvalue weighted by Gasteiger charge is 2.19. The molecule has 2 nitrogen and oxygen atoms in total. The second-order valence-corrected chi connectivity index (χ2v) is 4.43. The second-order valence-electron chi connectivity index (χ2n) is 4.43. The van der Waals surface area contributed by atoms with E-state index in [1.54, 1.807) is 0 Å². The van der Waals surface area contributed by atoms with Gasteiger partial charge in [-0.1, -0.05) is 42.5 Å². The molecule has 0 unspecified atom stereocenters. The van der Waals surface area contributed by atoms with Gasteiger partial charge in [-0.05, 0) is 25.5 Å². The Bertz CT molecular complexity index is 347. The SMILES string of the molecule is CN1CCC=C[C@@H]1C[C@@H](O)c1ccccc1. The molecular weight excluding hydrogens is 198 g/mol. The molecule has 0 aromatic heterocycles. The summed E-state index contributed by atoms with van der Waals surface area (Å²) in [6.45, 7) is 1.09. The first-order valence-corrected chi connectivity index (χ1v) is 5.87. The zero-order valence-electron chi connectivity index (χ0n) is 9.71. The molecule has 1 N–H and O–H groups in total. The first-order valence-electron chi connectivity index (χ1n) is 5.87. The van der Waals surface area contributed by atoms with Gasteiger partial charge in [0, 0.05) is 12.6 Å². The standard InChI is InChI=1S/C14H19NO/c1-15-10-6-5-9-13(15)11-14(16)12-7-3-2-4-8-12/h2-5,7-9,13-14,16H,6,10-11H2,1H3/t13-,14-/m1/s1. The lowest BCUT2D eigenvalue weighted by Gasteiger charge is -2.30. The lowest BCUT2D eigenvalue weighted by Crippen LogP contribution is -2.34. The minimum absolute atomic E-state index is 0.364. The summed E-state index contributed by atoms with van der Waals surface area (Å²) in [7, 11) is 2.12. The average molecular weight is 217 g/mol. The molecule has 0 fully saturated rings. The third kappa shape index (κ3) is 2.71. The molecule has 0 amide bonds. The van der Waals surface area contributed by atoms with Crippen molar-refractivity contribution in [1.82, 2.24) is 4.90 Å². The molecule has 1 aliphatic heterocycles. The summed E-state index contributed by atoms with van der Waals surface area (Å²) >= 11 is 0. The Kier molecular flexibility index (Phi) is 3.75. The van der Waals surface area contributed by atoms with Crippen LogP contribution in [0, 0.1) is 0 Å². The van der Waals surface area contributed by atoms with E-state index in [0.29, 0.717) is 6.04 Å². The highest BCUT2D eigenvalue weighted by atomic mass is 16.3. The van der Waals surface area contributed by atoms with Gasteiger partial charge in [0.15, 0.2) is 0 Å². The maximum absolute atomic E-state index is 10.1. The van der Waals surface area contributed by atoms with Crippen molar-refractivity contribution in [2.75, 3.05) is 13.6 Å². The van der Waals surface area contributed by atoms with E-state index in [-0.39, 0.29) is 6.10 Å². The molecular formula is C14H19NO. The quantitative estimate of drug-likeness (QED) is 0.786. The monoisotopic (exact) mass is 217 g/mol. The van der Waals surface area contributed by atoms with E-state index in [1.807, 2.05) is 30.3 Å². The molecule has 1 aromatic carbocycles. The molecule has 0 radical (unpaired) electrons. The van der Waals surface area contributed by atoms with Crippen LogP contribution in [0.25, 0.3) is 0 Å². The Morgan fingerprint density at radius 3 is 2.81 bits per heavy atom. The first kappa shape index (κ1) is 11.4. The first-order chi connectivity index (χ1) is 7.77. The maximum Gasteiger partial charge on any atom is 0.0808 e. The zero-order chi connectivity index (χ0) is 11.4. The Hall–Kier alpha value is -1.12. The van der Waals surface area contributed by atoms with Crippen molar-refractivity contribution in [3.8, 4) is 0 Å². The van der Waals surface area contributed by atoms with E-state index in [1.165, 1.54) is 0 Å². The Labute approximate surface area is 97.2 Å². The lowest BCUT2D eigenvalue weighted by atomic mass is 9.99. The number of hydrogen-bond acceptors (Lipinski definition) is 2. The third-order valence-corrected chi connectivity index (χ3v) is 3.22. The number of aliphatic hydroxyl groups is 1. The van der Waals surface area contributed by atoms with Gasteiger partial charge in [0.25, 0.3) is 0 Å². The van der Waals surface area contributed by atoms with Crippen molar-refractivity contribution in [3.63, 3.8) is 0 Å². The Morgan fingerprint density at radius 2 is 2.12 bits per heavy atom. The van der Waals surface area contributed by atoms with E-state index >= 15 is 0 Å². The van der Waals surface area contributed by atoms with E-state index in [2.05, 4.69) is 24.1 Å². The molecule has 0 saturated heterocycles. The molecule has 2 atom stereocenters. The Morgan fingerprint density at radius 1 is 1.38 bits per heavy atom. The lowest BCUT2D eigenvalue weighted by molar-refractivity contribution is 0.128. The molecule has 1 heterocycles. The van der Waals surface area contributed by atoms with Crippen LogP contribution in [-0.4, -0.2) is 29.6 Å². The number of nitrogens with zero attached hydrogens (tertiary/aromatic N) is 1. The summed E-state index contributed by atoms with van der Waals surface area (Å²) in [5, 5.41) is 10.1. The maximum atomic E-state index is 10.1. The molecule has 0 saturated carbocycles. The van der Waals surface area contributed by atoms with Gasteiger partial charge in [-0.3, -0.25) is 4.90 Å². The molecule has 86 valence electrons. The largest absolute Gasteiger partial charge is 0.388 e. The summed E-state index contributed by atoms with van der Waals surface area (Å²) < 4.78 is 0. The summed E-state index contributed by atoms with van der Waals surface area (Å²) in [6.07, 6.45) is 5.94. The van der Waals surface area contributed by atoms with Gasteiger partial charge >= 0.3 is 0 Å². The summed E-state index contributed by atoms with van der Waals surface area (Å²) in [6, 6.07) is 10.2. The molecule has 2 rings (SSSR count). The number of hydrogen-bond donors (Lipinski definition) is 1. The Balaban J connectivity index is 1.99. The van der Waals surface area contributed by atoms with Crippen molar-refractivity contribution < 1.29 is 5.11 Å². The van der Waals surface area contributed by atoms with Crippen LogP contribution in [0.1, 0.15) is 24.5 Å². The van der Waals surface area contributed by atoms with Crippen LogP contribution >= 0.6 is 0 Å². The van der Waals surface area contributed by atoms with Crippen LogP contribution in [0.3, 0.4) is 0 Å². The second kappa shape index (κ2) is 5.28. The third-order valence-electron chi connectivity index (χ3n) is 3.22. The normalized spacial score (nSPS) is 23.2. The van der Waals surface area contributed by atoms with Gasteiger partial charge in [-0.2, -0.15) is 0 Å². The molecule has 0 aliphatic carbocycles. The van der Waals surface area contributed by atoms with Crippen molar-refractivity contribution in [2.45, 2.75) is 25.0 Å². The number of rotatable bonds is 3. The van der Waals surface area contributed by atoms with Gasteiger partial charge in [0.05, 0.1) is 6.10 Å². The number of likely N-dealkylation sites (N-methyl/N-ethyl adjacent to an activating group) is 1. The molecule has 0 bridgehead atoms. The fraction of sp³-hybridized carbons (Fsp3) is 0.429. The van der Waals surface area contributed by atoms with Crippen LogP contribution in [0.5, 0.6) is 0 Å². The van der Waals surface area contributed by atoms with E-state index in [0.717, 1.165) is 24.9 Å². The van der Waals surface area contributed by atoms with Crippen LogP contribution in [0.4, 0.5) is 0 Å². The van der Waals surface area contributed by atoms with Gasteiger partial charge < -0.3 is 5.11 Å². The fourth-order valence-corrected chi connectivity index (χ4v) is 2.14. The minimum atomic E-state index is -0.364. The van der Waals surface area contributed by atoms with Crippen LogP contribution < -0.4 is 0 Å². The summed E-state index contributed by atoms with van der Waals surface area (Å²) in [5.41, 5.74) is 1.01. The van der Waals surface area contributed by atoms with Crippen molar-refractivity contribution in [1.29, 1.82) is 0 Å². The molecule has 0 spiro atoms. The number of aliphatic hydroxyl groups excluding tert-OH is 1. The molecule has 1 aromatic rings. The fourth-order valence-electron chi connectivity index (χ4n) is 2.14. The van der Waals surface area contributed by atoms with Crippen molar-refractivity contribution >= 4 is 0 Å². The van der Waals surface area contributed by atoms with E-state index in [4.69, 9.17) is 0 Å². The smallest absolute Gasteiger partial charge is 0.0808 e. The van der Waals surface area contributed by atoms with Crippen molar-refractivity contribution in [3.05, 3.63) is 48.0 Å². The highest BCUT2D eigenvalue weighted by molar-refractivity contribution is 5.18. The predicted octanol–water partition coefficient (Wildman–Crippen LogP) is 2.37. The summed E-state index contributed by atoms with van der Waals surface area (Å²) in [4.78, 5) is 2.30. The van der Waals surface area contributed by atoms with Gasteiger partial charge in [-0.25, -0.2) is 0 Å². The van der Waals surface area contributed by atoms with Gasteiger partial charge in [0.2, 0.25) is 0 Å². The highest BCUT2D eigenvalue weighted by Crippen LogP contribution is 2.22. The molecule has 16 heavy (non-hydrogen) atoms. The van der Waals surface area contributed by atoms with Crippen LogP contribution in [0.2, 0.25) is 0 Å². The van der Waals surface area contributed by atoms with Crippen LogP contribution in [0.15, 0.2) is 42.5 Å². The topological polar surface area (TPSA) is 23.5 Å². The summed E-state index contributed by atoms with van der Waals surface area (Å²) in [5.74, 6) is 0. The zero-order valence-corrected chi connectivity index (χ0v) is 9.71. The van der Waals surface area contributed by atoms with Crippen molar-refractivity contribution in [2.24, 2.45) is 0 Å². The van der Waals surface area contributed by atoms with Gasteiger partial charge in [-0.15, -0.1) is 0 Å². The van der Waals surface area contributed by atoms with Gasteiger partial charge in [0.1, 0.15) is 0 Å². The van der Waals surface area contributed by atoms with E-state index < -0.39 is 0 Å². The average Bonchev–Trinajstić information content (AvgIpc) is 2.33. The van der Waals surface area contributed by atoms with E-state index in [9.17, 15) is 5.11 Å². The molecule has 1 aliphatic rings. The predicted molar refractivity (Wildman–Crippen MR) is 66.2 cm³/mol. The molecule has 2 heteroatoms.